The number of carbonyl (C=O) groups excluding carboxylic acids is 2. The zero-order valence-electron chi connectivity index (χ0n) is 30.6. The molecule has 0 spiro atoms. The van der Waals surface area contributed by atoms with Gasteiger partial charge >= 0.3 is 12.0 Å². The van der Waals surface area contributed by atoms with Gasteiger partial charge in [0.15, 0.2) is 0 Å². The van der Waals surface area contributed by atoms with Crippen molar-refractivity contribution in [2.45, 2.75) is 50.1 Å². The number of hydrogen-bond acceptors (Lipinski definition) is 11. The van der Waals surface area contributed by atoms with Crippen LogP contribution in [0.15, 0.2) is 78.2 Å². The molecule has 0 radical (unpaired) electrons. The Morgan fingerprint density at radius 2 is 1.78 bits per heavy atom. The second-order valence-corrected chi connectivity index (χ2v) is 14.3. The molecule has 0 aliphatic carbocycles. The minimum Gasteiger partial charge on any atom is -0.462 e. The van der Waals surface area contributed by atoms with Crippen molar-refractivity contribution >= 4 is 58.4 Å². The first kappa shape index (κ1) is 38.9. The Balaban J connectivity index is 0.00000160. The van der Waals surface area contributed by atoms with Crippen LogP contribution in [0.5, 0.6) is 6.01 Å². The minimum absolute atomic E-state index is 0.0462. The van der Waals surface area contributed by atoms with Crippen LogP contribution in [0.2, 0.25) is 5.02 Å². The van der Waals surface area contributed by atoms with E-state index in [1.54, 1.807) is 18.2 Å². The number of thiol groups is 1. The SMILES string of the molecule is C=CC(=O)N1CCN(c2nc(OCC3CCCN3CCCOC(=O)c3ccccc3S)nc3c2CCN(c2cccc4cccc(Cl)c24)C3)CC1.CC#N. The van der Waals surface area contributed by atoms with Crippen molar-refractivity contribution in [2.24, 2.45) is 0 Å². The maximum absolute atomic E-state index is 12.5. The van der Waals surface area contributed by atoms with Crippen molar-refractivity contribution in [2.75, 3.05) is 68.8 Å². The van der Waals surface area contributed by atoms with E-state index >= 15 is 0 Å². The number of ether oxygens (including phenoxy) is 2. The lowest BCUT2D eigenvalue weighted by Gasteiger charge is -2.38. The molecular weight excluding hydrogens is 722 g/mol. The van der Waals surface area contributed by atoms with E-state index in [0.717, 1.165) is 83.9 Å². The molecule has 4 heterocycles. The fourth-order valence-electron chi connectivity index (χ4n) is 7.43. The maximum Gasteiger partial charge on any atom is 0.339 e. The predicted octanol–water partition coefficient (Wildman–Crippen LogP) is 6.59. The van der Waals surface area contributed by atoms with Crippen LogP contribution in [0, 0.1) is 11.3 Å². The summed E-state index contributed by atoms with van der Waals surface area (Å²) in [6.07, 6.45) is 4.97. The van der Waals surface area contributed by atoms with Crippen molar-refractivity contribution in [1.29, 1.82) is 5.26 Å². The molecule has 282 valence electrons. The van der Waals surface area contributed by atoms with E-state index in [-0.39, 0.29) is 17.9 Å². The zero-order chi connectivity index (χ0) is 38.0. The summed E-state index contributed by atoms with van der Waals surface area (Å²) in [5.74, 6) is 0.498. The summed E-state index contributed by atoms with van der Waals surface area (Å²) in [5.41, 5.74) is 3.65. The number of piperazine rings is 1. The van der Waals surface area contributed by atoms with Gasteiger partial charge in [-0.25, -0.2) is 4.79 Å². The highest BCUT2D eigenvalue weighted by molar-refractivity contribution is 7.80. The lowest BCUT2D eigenvalue weighted by Crippen LogP contribution is -2.49. The van der Waals surface area contributed by atoms with Crippen molar-refractivity contribution in [3.8, 4) is 12.1 Å². The first-order valence-electron chi connectivity index (χ1n) is 18.4. The third kappa shape index (κ3) is 9.09. The number of fused-ring (bicyclic) bond motifs is 2. The molecule has 11 nitrogen and oxygen atoms in total. The van der Waals surface area contributed by atoms with Gasteiger partial charge in [-0.3, -0.25) is 9.69 Å². The minimum atomic E-state index is -0.349. The van der Waals surface area contributed by atoms with Gasteiger partial charge in [0.25, 0.3) is 0 Å². The van der Waals surface area contributed by atoms with Crippen LogP contribution >= 0.6 is 24.2 Å². The zero-order valence-corrected chi connectivity index (χ0v) is 32.3. The molecule has 0 saturated carbocycles. The highest BCUT2D eigenvalue weighted by atomic mass is 35.5. The Labute approximate surface area is 327 Å². The number of nitriles is 1. The van der Waals surface area contributed by atoms with Gasteiger partial charge in [0, 0.05) is 73.8 Å². The number of hydrogen-bond donors (Lipinski definition) is 1. The number of halogens is 1. The molecule has 1 unspecified atom stereocenters. The molecule has 3 aliphatic heterocycles. The second-order valence-electron chi connectivity index (χ2n) is 13.4. The number of rotatable bonds is 11. The third-order valence-electron chi connectivity index (χ3n) is 10.1. The van der Waals surface area contributed by atoms with Crippen LogP contribution in [-0.2, 0) is 22.5 Å². The van der Waals surface area contributed by atoms with Gasteiger partial charge in [-0.1, -0.05) is 54.6 Å². The molecule has 4 aromatic rings. The molecule has 7 rings (SSSR count). The molecule has 54 heavy (non-hydrogen) atoms. The fraction of sp³-hybridized carbons (Fsp3) is 0.390. The summed E-state index contributed by atoms with van der Waals surface area (Å²) in [4.78, 5) is 44.3. The number of aromatic nitrogens is 2. The smallest absolute Gasteiger partial charge is 0.339 e. The average molecular weight is 768 g/mol. The number of carbonyl (C=O) groups is 2. The topological polar surface area (TPSA) is 115 Å². The average Bonchev–Trinajstić information content (AvgIpc) is 3.65. The summed E-state index contributed by atoms with van der Waals surface area (Å²) >= 11 is 11.1. The number of anilines is 2. The number of likely N-dealkylation sites (tertiary alicyclic amines) is 1. The van der Waals surface area contributed by atoms with Crippen LogP contribution in [0.25, 0.3) is 10.8 Å². The van der Waals surface area contributed by atoms with Gasteiger partial charge in [-0.05, 0) is 68.0 Å². The summed E-state index contributed by atoms with van der Waals surface area (Å²) < 4.78 is 12.0. The maximum atomic E-state index is 12.5. The van der Waals surface area contributed by atoms with E-state index in [4.69, 9.17) is 36.3 Å². The standard InChI is InChI=1S/C39H43ClN6O4S.C2H3N/c1-2-35(47)44-20-22-45(23-21-44)37-29-16-19-46(33-14-6-10-27-9-5-13-31(40)36(27)33)25-32(29)41-39(42-37)50-26-28-11-7-17-43(28)18-8-24-49-38(48)30-12-3-4-15-34(30)51;1-2-3/h2-6,9-10,12-15,28,51H,1,7-8,11,16-26H2;1H3. The van der Waals surface area contributed by atoms with Gasteiger partial charge in [-0.15, -0.1) is 12.6 Å². The number of benzene rings is 3. The highest BCUT2D eigenvalue weighted by Crippen LogP contribution is 2.37. The molecule has 13 heteroatoms. The lowest BCUT2D eigenvalue weighted by atomic mass is 10.0. The molecule has 1 aromatic heterocycles. The second kappa shape index (κ2) is 18.5. The molecule has 0 bridgehead atoms. The first-order valence-corrected chi connectivity index (χ1v) is 19.2. The van der Waals surface area contributed by atoms with Crippen LogP contribution in [0.4, 0.5) is 11.5 Å². The van der Waals surface area contributed by atoms with Gasteiger partial charge in [0.1, 0.15) is 12.4 Å². The van der Waals surface area contributed by atoms with Gasteiger partial charge < -0.3 is 24.2 Å². The molecule has 3 aliphatic rings. The molecule has 3 aromatic carbocycles. The van der Waals surface area contributed by atoms with Crippen LogP contribution in [0.1, 0.15) is 47.8 Å². The normalized spacial score (nSPS) is 16.9. The highest BCUT2D eigenvalue weighted by Gasteiger charge is 2.30. The predicted molar refractivity (Wildman–Crippen MR) is 215 cm³/mol. The first-order chi connectivity index (χ1) is 26.3. The Kier molecular flexibility index (Phi) is 13.3. The van der Waals surface area contributed by atoms with Crippen molar-refractivity contribution < 1.29 is 19.1 Å². The molecule has 0 N–H and O–H groups in total. The van der Waals surface area contributed by atoms with E-state index < -0.39 is 0 Å². The monoisotopic (exact) mass is 767 g/mol. The van der Waals surface area contributed by atoms with Crippen molar-refractivity contribution in [3.05, 3.63) is 95.2 Å². The van der Waals surface area contributed by atoms with E-state index in [0.29, 0.717) is 62.4 Å². The molecule has 2 fully saturated rings. The Morgan fingerprint density at radius 3 is 2.54 bits per heavy atom. The van der Waals surface area contributed by atoms with E-state index in [9.17, 15) is 9.59 Å². The van der Waals surface area contributed by atoms with Crippen LogP contribution < -0.4 is 14.5 Å². The van der Waals surface area contributed by atoms with Gasteiger partial charge in [-0.2, -0.15) is 15.2 Å². The van der Waals surface area contributed by atoms with Gasteiger partial charge in [0.05, 0.1) is 35.5 Å². The third-order valence-corrected chi connectivity index (χ3v) is 10.8. The van der Waals surface area contributed by atoms with E-state index in [1.165, 1.54) is 13.0 Å². The molecular formula is C41H46ClN7O4S. The van der Waals surface area contributed by atoms with Crippen LogP contribution in [-0.4, -0.2) is 96.7 Å². The number of nitrogens with zero attached hydrogens (tertiary/aromatic N) is 7. The Morgan fingerprint density at radius 1 is 1.02 bits per heavy atom. The lowest BCUT2D eigenvalue weighted by molar-refractivity contribution is -0.126. The number of esters is 1. The summed E-state index contributed by atoms with van der Waals surface area (Å²) in [7, 11) is 0. The summed E-state index contributed by atoms with van der Waals surface area (Å²) in [6.45, 7) is 11.6. The molecule has 2 saturated heterocycles. The Hall–Kier alpha value is -4.83. The van der Waals surface area contributed by atoms with Crippen LogP contribution in [0.3, 0.4) is 0 Å². The van der Waals surface area contributed by atoms with Gasteiger partial charge in [0.2, 0.25) is 5.91 Å². The summed E-state index contributed by atoms with van der Waals surface area (Å²) in [6, 6.07) is 21.8. The summed E-state index contributed by atoms with van der Waals surface area (Å²) in [5, 5.41) is 10.2. The number of amides is 1. The largest absolute Gasteiger partial charge is 0.462 e. The molecule has 1 atom stereocenters. The van der Waals surface area contributed by atoms with Crippen molar-refractivity contribution in [3.63, 3.8) is 0 Å². The fourth-order valence-corrected chi connectivity index (χ4v) is 7.96. The van der Waals surface area contributed by atoms with Crippen molar-refractivity contribution in [1.82, 2.24) is 19.8 Å². The van der Waals surface area contributed by atoms with E-state index in [2.05, 4.69) is 58.2 Å². The van der Waals surface area contributed by atoms with E-state index in [1.807, 2.05) is 29.2 Å². The molecule has 1 amide bonds. The Bertz CT molecular complexity index is 2010. The quantitative estimate of drug-likeness (QED) is 0.0776.